The van der Waals surface area contributed by atoms with Crippen LogP contribution >= 0.6 is 0 Å². The van der Waals surface area contributed by atoms with Gasteiger partial charge in [-0.05, 0) is 54.7 Å². The molecule has 0 fully saturated rings. The van der Waals surface area contributed by atoms with E-state index in [1.54, 1.807) is 0 Å². The summed E-state index contributed by atoms with van der Waals surface area (Å²) in [6.07, 6.45) is 3.78. The Balaban J connectivity index is 2.15. The Hall–Kier alpha value is -2.92. The van der Waals surface area contributed by atoms with Gasteiger partial charge in [0.2, 0.25) is 0 Å². The first-order chi connectivity index (χ1) is 11.1. The van der Waals surface area contributed by atoms with E-state index in [0.717, 1.165) is 29.0 Å². The summed E-state index contributed by atoms with van der Waals surface area (Å²) < 4.78 is 10.9. The van der Waals surface area contributed by atoms with E-state index in [1.807, 2.05) is 26.0 Å². The second-order valence-electron chi connectivity index (χ2n) is 5.26. The number of aryl methyl sites for hydroxylation is 2. The summed E-state index contributed by atoms with van der Waals surface area (Å²) in [5, 5.41) is 0. The number of benzene rings is 2. The van der Waals surface area contributed by atoms with E-state index in [9.17, 15) is 0 Å². The van der Waals surface area contributed by atoms with E-state index in [2.05, 4.69) is 48.9 Å². The molecule has 23 heavy (non-hydrogen) atoms. The SMILES string of the molecule is C=C=COc1ccc(Cc2ccc(OC=C=C)c(C)c2)cc1C. The van der Waals surface area contributed by atoms with E-state index >= 15 is 0 Å². The fourth-order valence-corrected chi connectivity index (χ4v) is 2.35. The van der Waals surface area contributed by atoms with Crippen molar-refractivity contribution in [2.24, 2.45) is 0 Å². The summed E-state index contributed by atoms with van der Waals surface area (Å²) in [5.74, 6) is 1.64. The minimum Gasteiger partial charge on any atom is -0.457 e. The molecule has 2 heteroatoms. The number of hydrogen-bond donors (Lipinski definition) is 0. The zero-order chi connectivity index (χ0) is 16.7. The summed E-state index contributed by atoms with van der Waals surface area (Å²) in [4.78, 5) is 0. The van der Waals surface area contributed by atoms with Gasteiger partial charge in [0.15, 0.2) is 0 Å². The Morgan fingerprint density at radius 3 is 1.61 bits per heavy atom. The summed E-state index contributed by atoms with van der Waals surface area (Å²) >= 11 is 0. The van der Waals surface area contributed by atoms with Crippen molar-refractivity contribution < 1.29 is 9.47 Å². The minimum atomic E-state index is 0.820. The molecule has 2 nitrogen and oxygen atoms in total. The Morgan fingerprint density at radius 1 is 0.826 bits per heavy atom. The third-order valence-corrected chi connectivity index (χ3v) is 3.43. The summed E-state index contributed by atoms with van der Waals surface area (Å²) in [5.41, 5.74) is 9.84. The Labute approximate surface area is 137 Å². The van der Waals surface area contributed by atoms with E-state index < -0.39 is 0 Å². The quantitative estimate of drug-likeness (QED) is 0.536. The lowest BCUT2D eigenvalue weighted by Crippen LogP contribution is -1.93. The summed E-state index contributed by atoms with van der Waals surface area (Å²) in [7, 11) is 0. The average Bonchev–Trinajstić information content (AvgIpc) is 2.53. The number of rotatable bonds is 6. The molecular weight excluding hydrogens is 284 g/mol. The molecule has 0 spiro atoms. The van der Waals surface area contributed by atoms with Gasteiger partial charge in [-0.2, -0.15) is 0 Å². The third-order valence-electron chi connectivity index (χ3n) is 3.43. The van der Waals surface area contributed by atoms with E-state index in [0.29, 0.717) is 0 Å². The molecule has 0 heterocycles. The fraction of sp³-hybridized carbons (Fsp3) is 0.143. The zero-order valence-corrected chi connectivity index (χ0v) is 13.6. The van der Waals surface area contributed by atoms with Crippen LogP contribution in [0.15, 0.2) is 73.5 Å². The van der Waals surface area contributed by atoms with Crippen LogP contribution < -0.4 is 9.47 Å². The first kappa shape index (κ1) is 16.5. The molecule has 0 aliphatic carbocycles. The average molecular weight is 304 g/mol. The molecule has 0 N–H and O–H groups in total. The second-order valence-corrected chi connectivity index (χ2v) is 5.26. The van der Waals surface area contributed by atoms with E-state index in [1.165, 1.54) is 23.7 Å². The fourth-order valence-electron chi connectivity index (χ4n) is 2.35. The highest BCUT2D eigenvalue weighted by Gasteiger charge is 2.04. The smallest absolute Gasteiger partial charge is 0.133 e. The van der Waals surface area contributed by atoms with Gasteiger partial charge in [0.05, 0.1) is 0 Å². The van der Waals surface area contributed by atoms with Gasteiger partial charge < -0.3 is 9.47 Å². The van der Waals surface area contributed by atoms with Crippen LogP contribution in [0.4, 0.5) is 0 Å². The highest BCUT2D eigenvalue weighted by atomic mass is 16.5. The Morgan fingerprint density at radius 2 is 1.26 bits per heavy atom. The van der Waals surface area contributed by atoms with Crippen molar-refractivity contribution in [3.05, 3.63) is 95.8 Å². The molecule has 0 unspecified atom stereocenters. The van der Waals surface area contributed by atoms with Gasteiger partial charge in [0, 0.05) is 0 Å². The molecule has 0 aliphatic rings. The lowest BCUT2D eigenvalue weighted by atomic mass is 10.0. The van der Waals surface area contributed by atoms with Crippen LogP contribution in [0.5, 0.6) is 11.5 Å². The maximum Gasteiger partial charge on any atom is 0.133 e. The van der Waals surface area contributed by atoms with Gasteiger partial charge in [-0.15, -0.1) is 0 Å². The van der Waals surface area contributed by atoms with Crippen molar-refractivity contribution >= 4 is 0 Å². The van der Waals surface area contributed by atoms with Gasteiger partial charge in [0.25, 0.3) is 0 Å². The predicted molar refractivity (Wildman–Crippen MR) is 93.8 cm³/mol. The van der Waals surface area contributed by atoms with Gasteiger partial charge in [-0.25, -0.2) is 0 Å². The molecular formula is C21H20O2. The zero-order valence-electron chi connectivity index (χ0n) is 13.6. The largest absolute Gasteiger partial charge is 0.457 e. The van der Waals surface area contributed by atoms with Crippen LogP contribution in [0, 0.1) is 13.8 Å². The second kappa shape index (κ2) is 7.91. The molecule has 2 rings (SSSR count). The standard InChI is InChI=1S/C21H20O2/c1-5-11-22-20-9-7-18(13-16(20)3)15-19-8-10-21(17(4)14-19)23-12-6-2/h7-14H,1-2,15H2,3-4H3. The Bertz CT molecular complexity index is 722. The summed E-state index contributed by atoms with van der Waals surface area (Å²) in [6, 6.07) is 12.3. The van der Waals surface area contributed by atoms with Crippen molar-refractivity contribution in [2.45, 2.75) is 20.3 Å². The first-order valence-electron chi connectivity index (χ1n) is 7.35. The van der Waals surface area contributed by atoms with Crippen molar-refractivity contribution in [1.29, 1.82) is 0 Å². The molecule has 116 valence electrons. The number of hydrogen-bond acceptors (Lipinski definition) is 2. The van der Waals surface area contributed by atoms with Crippen LogP contribution in [0.1, 0.15) is 22.3 Å². The molecule has 2 aromatic carbocycles. The minimum absolute atomic E-state index is 0.820. The van der Waals surface area contributed by atoms with E-state index in [4.69, 9.17) is 9.47 Å². The van der Waals surface area contributed by atoms with Crippen LogP contribution in [0.2, 0.25) is 0 Å². The highest BCUT2D eigenvalue weighted by molar-refractivity contribution is 5.41. The van der Waals surface area contributed by atoms with Crippen molar-refractivity contribution in [2.75, 3.05) is 0 Å². The number of ether oxygens (including phenoxy) is 2. The highest BCUT2D eigenvalue weighted by Crippen LogP contribution is 2.24. The molecule has 0 saturated heterocycles. The van der Waals surface area contributed by atoms with Crippen LogP contribution in [-0.4, -0.2) is 0 Å². The molecule has 0 radical (unpaired) electrons. The third kappa shape index (κ3) is 4.52. The van der Waals surface area contributed by atoms with Crippen molar-refractivity contribution in [3.63, 3.8) is 0 Å². The predicted octanol–water partition coefficient (Wildman–Crippen LogP) is 5.25. The molecule has 0 aromatic heterocycles. The van der Waals surface area contributed by atoms with Crippen LogP contribution in [-0.2, 0) is 6.42 Å². The van der Waals surface area contributed by atoms with E-state index in [-0.39, 0.29) is 0 Å². The molecule has 0 bridgehead atoms. The maximum atomic E-state index is 5.43. The van der Waals surface area contributed by atoms with Crippen LogP contribution in [0.25, 0.3) is 0 Å². The summed E-state index contributed by atoms with van der Waals surface area (Å²) in [6.45, 7) is 11.0. The monoisotopic (exact) mass is 304 g/mol. The van der Waals surface area contributed by atoms with Gasteiger partial charge in [-0.3, -0.25) is 0 Å². The first-order valence-corrected chi connectivity index (χ1v) is 7.35. The van der Waals surface area contributed by atoms with Crippen molar-refractivity contribution in [1.82, 2.24) is 0 Å². The maximum absolute atomic E-state index is 5.43. The molecule has 0 amide bonds. The lowest BCUT2D eigenvalue weighted by molar-refractivity contribution is 0.478. The normalized spacial score (nSPS) is 9.48. The Kier molecular flexibility index (Phi) is 5.66. The van der Waals surface area contributed by atoms with Gasteiger partial charge >= 0.3 is 0 Å². The molecule has 0 saturated carbocycles. The lowest BCUT2D eigenvalue weighted by Gasteiger charge is -2.09. The van der Waals surface area contributed by atoms with Gasteiger partial charge in [0.1, 0.15) is 24.0 Å². The molecule has 0 atom stereocenters. The van der Waals surface area contributed by atoms with Crippen molar-refractivity contribution in [3.8, 4) is 11.5 Å². The molecule has 2 aromatic rings. The molecule has 0 aliphatic heterocycles. The van der Waals surface area contributed by atoms with Crippen LogP contribution in [0.3, 0.4) is 0 Å². The van der Waals surface area contributed by atoms with Gasteiger partial charge in [-0.1, -0.05) is 48.9 Å². The topological polar surface area (TPSA) is 18.5 Å².